The molecule has 0 aromatic heterocycles. The van der Waals surface area contributed by atoms with E-state index >= 15 is 0 Å². The lowest BCUT2D eigenvalue weighted by atomic mass is 10.1. The number of aliphatic imine (C=N–C) groups is 1. The maximum Gasteiger partial charge on any atom is 0.390 e. The van der Waals surface area contributed by atoms with E-state index in [1.54, 1.807) is 12.1 Å². The average molecular weight is 370 g/mol. The third-order valence-corrected chi connectivity index (χ3v) is 3.11. The van der Waals surface area contributed by atoms with E-state index in [4.69, 9.17) is 0 Å². The third-order valence-electron chi connectivity index (χ3n) is 2.62. The van der Waals surface area contributed by atoms with Gasteiger partial charge in [-0.1, -0.05) is 15.9 Å². The van der Waals surface area contributed by atoms with E-state index in [9.17, 15) is 17.6 Å². The van der Waals surface area contributed by atoms with Crippen LogP contribution < -0.4 is 10.6 Å². The number of alkyl halides is 3. The summed E-state index contributed by atoms with van der Waals surface area (Å²) < 4.78 is 50.3. The van der Waals surface area contributed by atoms with E-state index in [0.29, 0.717) is 18.5 Å². The predicted molar refractivity (Wildman–Crippen MR) is 77.8 cm³/mol. The summed E-state index contributed by atoms with van der Waals surface area (Å²) in [6, 6.07) is 4.62. The van der Waals surface area contributed by atoms with Crippen molar-refractivity contribution in [2.45, 2.75) is 19.0 Å². The van der Waals surface area contributed by atoms with Gasteiger partial charge in [0.1, 0.15) is 5.82 Å². The minimum Gasteiger partial charge on any atom is -0.356 e. The van der Waals surface area contributed by atoms with Gasteiger partial charge in [0, 0.05) is 24.6 Å². The van der Waals surface area contributed by atoms with Crippen LogP contribution in [0.25, 0.3) is 0 Å². The summed E-state index contributed by atoms with van der Waals surface area (Å²) in [5.41, 5.74) is 0.516. The second-order valence-corrected chi connectivity index (χ2v) is 5.19. The highest BCUT2D eigenvalue weighted by atomic mass is 79.9. The first-order chi connectivity index (χ1) is 9.81. The van der Waals surface area contributed by atoms with Crippen LogP contribution in [0.15, 0.2) is 27.7 Å². The van der Waals surface area contributed by atoms with Crippen LogP contribution in [0.3, 0.4) is 0 Å². The number of benzene rings is 1. The number of guanidine groups is 1. The number of halogens is 5. The van der Waals surface area contributed by atoms with Crippen molar-refractivity contribution in [3.63, 3.8) is 0 Å². The van der Waals surface area contributed by atoms with Crippen LogP contribution in [0, 0.1) is 5.82 Å². The molecule has 0 fully saturated rings. The minimum atomic E-state index is -4.20. The maximum atomic E-state index is 13.5. The molecule has 2 N–H and O–H groups in total. The van der Waals surface area contributed by atoms with Gasteiger partial charge in [-0.25, -0.2) is 4.39 Å². The standard InChI is InChI=1S/C13H16BrF4N3/c1-19-12(21-7-5-13(16,17)18)20-6-4-9-8-10(14)2-3-11(9)15/h2-3,8H,4-7H2,1H3,(H2,19,20,21). The highest BCUT2D eigenvalue weighted by Gasteiger charge is 2.26. The van der Waals surface area contributed by atoms with Gasteiger partial charge in [-0.05, 0) is 30.2 Å². The second kappa shape index (κ2) is 8.21. The Bertz CT molecular complexity index is 489. The molecule has 0 atom stereocenters. The maximum absolute atomic E-state index is 13.5. The number of rotatable bonds is 5. The first-order valence-electron chi connectivity index (χ1n) is 6.27. The molecule has 3 nitrogen and oxygen atoms in total. The molecule has 1 aromatic rings. The van der Waals surface area contributed by atoms with Crippen molar-refractivity contribution in [2.75, 3.05) is 20.1 Å². The van der Waals surface area contributed by atoms with Crippen LogP contribution in [0.2, 0.25) is 0 Å². The average Bonchev–Trinajstić information content (AvgIpc) is 2.39. The molecule has 0 saturated heterocycles. The van der Waals surface area contributed by atoms with E-state index in [0.717, 1.165) is 4.47 Å². The number of nitrogens with one attached hydrogen (secondary N) is 2. The first-order valence-corrected chi connectivity index (χ1v) is 7.06. The molecule has 0 aliphatic carbocycles. The van der Waals surface area contributed by atoms with Gasteiger partial charge in [0.25, 0.3) is 0 Å². The third kappa shape index (κ3) is 7.31. The summed E-state index contributed by atoms with van der Waals surface area (Å²) in [4.78, 5) is 3.80. The highest BCUT2D eigenvalue weighted by molar-refractivity contribution is 9.10. The number of hydrogen-bond acceptors (Lipinski definition) is 1. The van der Waals surface area contributed by atoms with Crippen molar-refractivity contribution in [1.82, 2.24) is 10.6 Å². The molecule has 0 spiro atoms. The van der Waals surface area contributed by atoms with Gasteiger partial charge in [0.15, 0.2) is 5.96 Å². The molecule has 0 unspecified atom stereocenters. The van der Waals surface area contributed by atoms with Crippen LogP contribution in [-0.4, -0.2) is 32.3 Å². The fourth-order valence-electron chi connectivity index (χ4n) is 1.59. The molecule has 0 saturated carbocycles. The Kier molecular flexibility index (Phi) is 6.94. The fraction of sp³-hybridized carbons (Fsp3) is 0.462. The Balaban J connectivity index is 2.37. The van der Waals surface area contributed by atoms with Crippen LogP contribution in [-0.2, 0) is 6.42 Å². The summed E-state index contributed by atoms with van der Waals surface area (Å²) in [6.45, 7) is 0.105. The summed E-state index contributed by atoms with van der Waals surface area (Å²) in [5, 5.41) is 5.39. The highest BCUT2D eigenvalue weighted by Crippen LogP contribution is 2.18. The number of nitrogens with zero attached hydrogens (tertiary/aromatic N) is 1. The summed E-state index contributed by atoms with van der Waals surface area (Å²) in [7, 11) is 1.46. The zero-order valence-corrected chi connectivity index (χ0v) is 13.0. The molecule has 1 rings (SSSR count). The van der Waals surface area contributed by atoms with Gasteiger partial charge >= 0.3 is 6.18 Å². The van der Waals surface area contributed by atoms with E-state index in [2.05, 4.69) is 31.6 Å². The smallest absolute Gasteiger partial charge is 0.356 e. The van der Waals surface area contributed by atoms with E-state index < -0.39 is 12.6 Å². The normalized spacial score (nSPS) is 12.4. The van der Waals surface area contributed by atoms with Crippen molar-refractivity contribution in [3.8, 4) is 0 Å². The van der Waals surface area contributed by atoms with Crippen LogP contribution >= 0.6 is 15.9 Å². The Morgan fingerprint density at radius 1 is 1.24 bits per heavy atom. The Morgan fingerprint density at radius 2 is 1.90 bits per heavy atom. The summed E-state index contributed by atoms with van der Waals surface area (Å²) >= 11 is 3.25. The van der Waals surface area contributed by atoms with Crippen molar-refractivity contribution in [2.24, 2.45) is 4.99 Å². The first kappa shape index (κ1) is 17.7. The van der Waals surface area contributed by atoms with Gasteiger partial charge < -0.3 is 10.6 Å². The fourth-order valence-corrected chi connectivity index (χ4v) is 2.00. The van der Waals surface area contributed by atoms with Gasteiger partial charge in [-0.15, -0.1) is 0 Å². The second-order valence-electron chi connectivity index (χ2n) is 4.28. The monoisotopic (exact) mass is 369 g/mol. The Labute approximate surface area is 129 Å². The van der Waals surface area contributed by atoms with Gasteiger partial charge in [0.2, 0.25) is 0 Å². The molecule has 0 amide bonds. The van der Waals surface area contributed by atoms with E-state index in [-0.39, 0.29) is 18.3 Å². The predicted octanol–water partition coefficient (Wildman–Crippen LogP) is 3.25. The Morgan fingerprint density at radius 3 is 2.52 bits per heavy atom. The molecule has 0 aliphatic rings. The molecule has 0 heterocycles. The molecular weight excluding hydrogens is 354 g/mol. The van der Waals surface area contributed by atoms with Crippen LogP contribution in [0.4, 0.5) is 17.6 Å². The summed E-state index contributed by atoms with van der Waals surface area (Å²) in [5.74, 6) is -0.0605. The lowest BCUT2D eigenvalue weighted by Crippen LogP contribution is -2.39. The zero-order valence-electron chi connectivity index (χ0n) is 11.4. The van der Waals surface area contributed by atoms with E-state index in [1.165, 1.54) is 13.1 Å². The zero-order chi connectivity index (χ0) is 15.9. The largest absolute Gasteiger partial charge is 0.390 e. The minimum absolute atomic E-state index is 0.256. The van der Waals surface area contributed by atoms with Crippen LogP contribution in [0.1, 0.15) is 12.0 Å². The van der Waals surface area contributed by atoms with Crippen molar-refractivity contribution in [3.05, 3.63) is 34.1 Å². The molecule has 0 radical (unpaired) electrons. The Hall–Kier alpha value is -1.31. The van der Waals surface area contributed by atoms with Crippen LogP contribution in [0.5, 0.6) is 0 Å². The molecule has 118 valence electrons. The topological polar surface area (TPSA) is 36.4 Å². The lowest BCUT2D eigenvalue weighted by Gasteiger charge is -2.13. The molecule has 0 aliphatic heterocycles. The molecule has 0 bridgehead atoms. The van der Waals surface area contributed by atoms with Crippen molar-refractivity contribution >= 4 is 21.9 Å². The van der Waals surface area contributed by atoms with Crippen molar-refractivity contribution in [1.29, 1.82) is 0 Å². The number of hydrogen-bond donors (Lipinski definition) is 2. The molecule has 21 heavy (non-hydrogen) atoms. The molecular formula is C13H16BrF4N3. The van der Waals surface area contributed by atoms with E-state index in [1.807, 2.05) is 0 Å². The van der Waals surface area contributed by atoms with Crippen molar-refractivity contribution < 1.29 is 17.6 Å². The van der Waals surface area contributed by atoms with Gasteiger partial charge in [-0.2, -0.15) is 13.2 Å². The lowest BCUT2D eigenvalue weighted by molar-refractivity contribution is -0.132. The van der Waals surface area contributed by atoms with Gasteiger partial charge in [0.05, 0.1) is 6.42 Å². The van der Waals surface area contributed by atoms with Gasteiger partial charge in [-0.3, -0.25) is 4.99 Å². The summed E-state index contributed by atoms with van der Waals surface area (Å²) in [6.07, 6.45) is -4.75. The SMILES string of the molecule is CN=C(NCCc1cc(Br)ccc1F)NCCC(F)(F)F. The molecule has 1 aromatic carbocycles. The molecule has 8 heteroatoms. The quantitative estimate of drug-likeness (QED) is 0.474.